The number of halogens is 4. The van der Waals surface area contributed by atoms with E-state index in [1.807, 2.05) is 0 Å². The number of benzene rings is 1. The minimum Gasteiger partial charge on any atom is -0.205 e. The first-order valence-corrected chi connectivity index (χ1v) is 4.15. The summed E-state index contributed by atoms with van der Waals surface area (Å²) in [5.41, 5.74) is 0.316. The van der Waals surface area contributed by atoms with E-state index >= 15 is 0 Å². The standard InChI is InChI=1S/C8H6Cl2F2/c1-2-4-7(9)5(11)3-6(12)8(4)10/h3H,2H2,1H3. The van der Waals surface area contributed by atoms with Crippen LogP contribution in [0.4, 0.5) is 8.78 Å². The molecule has 0 N–H and O–H groups in total. The van der Waals surface area contributed by atoms with Gasteiger partial charge in [0, 0.05) is 6.07 Å². The lowest BCUT2D eigenvalue weighted by molar-refractivity contribution is 0.580. The van der Waals surface area contributed by atoms with Gasteiger partial charge in [-0.1, -0.05) is 30.1 Å². The van der Waals surface area contributed by atoms with E-state index in [4.69, 9.17) is 23.2 Å². The van der Waals surface area contributed by atoms with Crippen LogP contribution in [0.25, 0.3) is 0 Å². The van der Waals surface area contributed by atoms with Gasteiger partial charge < -0.3 is 0 Å². The third-order valence-corrected chi connectivity index (χ3v) is 2.37. The molecule has 0 aromatic heterocycles. The van der Waals surface area contributed by atoms with Gasteiger partial charge in [-0.05, 0) is 12.0 Å². The zero-order valence-electron chi connectivity index (χ0n) is 6.30. The molecule has 0 saturated carbocycles. The Labute approximate surface area is 79.1 Å². The molecule has 0 radical (unpaired) electrons. The number of rotatable bonds is 1. The maximum Gasteiger partial charge on any atom is 0.145 e. The summed E-state index contributed by atoms with van der Waals surface area (Å²) in [6.07, 6.45) is 0.409. The second-order valence-corrected chi connectivity index (χ2v) is 3.06. The van der Waals surface area contributed by atoms with Gasteiger partial charge in [0.1, 0.15) is 11.6 Å². The summed E-state index contributed by atoms with van der Waals surface area (Å²) in [5.74, 6) is -1.54. The molecule has 0 fully saturated rings. The van der Waals surface area contributed by atoms with E-state index in [1.54, 1.807) is 6.92 Å². The quantitative estimate of drug-likeness (QED) is 0.619. The van der Waals surface area contributed by atoms with Crippen LogP contribution < -0.4 is 0 Å². The monoisotopic (exact) mass is 210 g/mol. The molecule has 4 heteroatoms. The predicted molar refractivity (Wildman–Crippen MR) is 45.8 cm³/mol. The molecule has 0 saturated heterocycles. The zero-order chi connectivity index (χ0) is 9.30. The largest absolute Gasteiger partial charge is 0.205 e. The predicted octanol–water partition coefficient (Wildman–Crippen LogP) is 3.83. The Bertz CT molecular complexity index is 284. The van der Waals surface area contributed by atoms with Gasteiger partial charge >= 0.3 is 0 Å². The van der Waals surface area contributed by atoms with E-state index in [2.05, 4.69) is 0 Å². The van der Waals surface area contributed by atoms with Crippen molar-refractivity contribution >= 4 is 23.2 Å². The molecule has 66 valence electrons. The average Bonchev–Trinajstić information content (AvgIpc) is 2.02. The van der Waals surface area contributed by atoms with E-state index in [0.29, 0.717) is 18.1 Å². The van der Waals surface area contributed by atoms with Crippen LogP contribution in [0, 0.1) is 11.6 Å². The lowest BCUT2D eigenvalue weighted by Crippen LogP contribution is -1.92. The van der Waals surface area contributed by atoms with Crippen molar-refractivity contribution in [1.29, 1.82) is 0 Å². The smallest absolute Gasteiger partial charge is 0.145 e. The Balaban J connectivity index is 3.42. The second-order valence-electron chi connectivity index (χ2n) is 2.30. The van der Waals surface area contributed by atoms with E-state index in [9.17, 15) is 8.78 Å². The van der Waals surface area contributed by atoms with Crippen LogP contribution in [-0.2, 0) is 6.42 Å². The highest BCUT2D eigenvalue weighted by Crippen LogP contribution is 2.29. The molecule has 0 heterocycles. The van der Waals surface area contributed by atoms with Gasteiger partial charge in [0.05, 0.1) is 10.0 Å². The van der Waals surface area contributed by atoms with Crippen molar-refractivity contribution in [1.82, 2.24) is 0 Å². The van der Waals surface area contributed by atoms with Crippen molar-refractivity contribution in [2.45, 2.75) is 13.3 Å². The van der Waals surface area contributed by atoms with Crippen molar-refractivity contribution in [3.8, 4) is 0 Å². The van der Waals surface area contributed by atoms with Crippen molar-refractivity contribution in [3.05, 3.63) is 33.3 Å². The fraction of sp³-hybridized carbons (Fsp3) is 0.250. The van der Waals surface area contributed by atoms with Crippen LogP contribution in [0.3, 0.4) is 0 Å². The molecular weight excluding hydrogens is 205 g/mol. The van der Waals surface area contributed by atoms with Gasteiger partial charge in [0.25, 0.3) is 0 Å². The normalized spacial score (nSPS) is 10.4. The summed E-state index contributed by atoms with van der Waals surface area (Å²) in [5, 5.41) is -0.187. The van der Waals surface area contributed by atoms with Gasteiger partial charge in [-0.3, -0.25) is 0 Å². The van der Waals surface area contributed by atoms with Crippen LogP contribution in [0.15, 0.2) is 6.07 Å². The number of hydrogen-bond acceptors (Lipinski definition) is 0. The van der Waals surface area contributed by atoms with E-state index in [1.165, 1.54) is 0 Å². The maximum absolute atomic E-state index is 12.8. The Hall–Kier alpha value is -0.340. The van der Waals surface area contributed by atoms with Gasteiger partial charge in [0.15, 0.2) is 0 Å². The topological polar surface area (TPSA) is 0 Å². The Morgan fingerprint density at radius 3 is 1.92 bits per heavy atom. The SMILES string of the molecule is CCc1c(Cl)c(F)cc(F)c1Cl. The minimum absolute atomic E-state index is 0.0936. The van der Waals surface area contributed by atoms with Gasteiger partial charge in [-0.2, -0.15) is 0 Å². The molecule has 0 spiro atoms. The molecule has 1 aromatic rings. The summed E-state index contributed by atoms with van der Waals surface area (Å²) in [4.78, 5) is 0. The highest BCUT2D eigenvalue weighted by Gasteiger charge is 2.13. The third kappa shape index (κ3) is 1.54. The highest BCUT2D eigenvalue weighted by atomic mass is 35.5. The molecule has 1 aromatic carbocycles. The lowest BCUT2D eigenvalue weighted by Gasteiger charge is -2.05. The number of hydrogen-bond donors (Lipinski definition) is 0. The van der Waals surface area contributed by atoms with Crippen molar-refractivity contribution in [2.75, 3.05) is 0 Å². The summed E-state index contributed by atoms with van der Waals surface area (Å²) in [6.45, 7) is 1.73. The van der Waals surface area contributed by atoms with E-state index < -0.39 is 11.6 Å². The van der Waals surface area contributed by atoms with Crippen molar-refractivity contribution in [3.63, 3.8) is 0 Å². The first-order chi connectivity index (χ1) is 5.57. The van der Waals surface area contributed by atoms with Gasteiger partial charge in [0.2, 0.25) is 0 Å². The molecule has 0 aliphatic carbocycles. The molecular formula is C8H6Cl2F2. The molecule has 0 atom stereocenters. The molecule has 0 aliphatic rings. The average molecular weight is 211 g/mol. The summed E-state index contributed by atoms with van der Waals surface area (Å²) in [7, 11) is 0. The van der Waals surface area contributed by atoms with Crippen LogP contribution in [0.1, 0.15) is 12.5 Å². The van der Waals surface area contributed by atoms with E-state index in [0.717, 1.165) is 0 Å². The summed E-state index contributed by atoms with van der Waals surface area (Å²) in [6, 6.07) is 0.684. The Morgan fingerprint density at radius 1 is 1.17 bits per heavy atom. The van der Waals surface area contributed by atoms with Crippen molar-refractivity contribution < 1.29 is 8.78 Å². The molecule has 0 nitrogen and oxygen atoms in total. The lowest BCUT2D eigenvalue weighted by atomic mass is 10.1. The second kappa shape index (κ2) is 3.58. The van der Waals surface area contributed by atoms with Crippen LogP contribution >= 0.6 is 23.2 Å². The van der Waals surface area contributed by atoms with Crippen LogP contribution in [-0.4, -0.2) is 0 Å². The highest BCUT2D eigenvalue weighted by molar-refractivity contribution is 6.36. The van der Waals surface area contributed by atoms with E-state index in [-0.39, 0.29) is 10.0 Å². The summed E-state index contributed by atoms with van der Waals surface area (Å²) < 4.78 is 25.6. The van der Waals surface area contributed by atoms with Gasteiger partial charge in [-0.15, -0.1) is 0 Å². The fourth-order valence-electron chi connectivity index (χ4n) is 0.933. The molecule has 0 amide bonds. The first kappa shape index (κ1) is 9.75. The maximum atomic E-state index is 12.8. The molecule has 0 unspecified atom stereocenters. The fourth-order valence-corrected chi connectivity index (χ4v) is 1.55. The molecule has 1 rings (SSSR count). The van der Waals surface area contributed by atoms with Crippen molar-refractivity contribution in [2.24, 2.45) is 0 Å². The molecule has 0 aliphatic heterocycles. The molecule has 12 heavy (non-hydrogen) atoms. The minimum atomic E-state index is -0.768. The Morgan fingerprint density at radius 2 is 1.58 bits per heavy atom. The first-order valence-electron chi connectivity index (χ1n) is 3.39. The third-order valence-electron chi connectivity index (χ3n) is 1.56. The summed E-state index contributed by atoms with van der Waals surface area (Å²) >= 11 is 11.1. The van der Waals surface area contributed by atoms with Crippen LogP contribution in [0.2, 0.25) is 10.0 Å². The van der Waals surface area contributed by atoms with Crippen LogP contribution in [0.5, 0.6) is 0 Å². The van der Waals surface area contributed by atoms with Gasteiger partial charge in [-0.25, -0.2) is 8.78 Å². The Kier molecular flexibility index (Phi) is 2.91. The molecule has 0 bridgehead atoms. The zero-order valence-corrected chi connectivity index (χ0v) is 7.81.